The molecule has 1 aliphatic carbocycles. The number of Topliss-reactive ketones (excluding diaryl/α,β-unsaturated/α-hetero) is 1. The molecule has 2 aliphatic rings. The fourth-order valence-electron chi connectivity index (χ4n) is 4.83. The fourth-order valence-corrected chi connectivity index (χ4v) is 4.83. The van der Waals surface area contributed by atoms with Gasteiger partial charge in [-0.3, -0.25) is 14.5 Å². The minimum Gasteiger partial charge on any atom is -0.319 e. The molecule has 0 saturated carbocycles. The van der Waals surface area contributed by atoms with Crippen LogP contribution in [0.1, 0.15) is 46.8 Å². The van der Waals surface area contributed by atoms with Gasteiger partial charge in [0, 0.05) is 5.56 Å². The number of imide groups is 1. The molecule has 0 spiro atoms. The number of hydrogen-bond donors (Lipinski definition) is 1. The number of hydrogen-bond acceptors (Lipinski definition) is 3. The van der Waals surface area contributed by atoms with Gasteiger partial charge < -0.3 is 5.32 Å². The lowest BCUT2D eigenvalue weighted by Gasteiger charge is -2.24. The normalized spacial score (nSPS) is 20.6. The van der Waals surface area contributed by atoms with Gasteiger partial charge in [0.05, 0.1) is 6.54 Å². The highest BCUT2D eigenvalue weighted by Crippen LogP contribution is 2.34. The van der Waals surface area contributed by atoms with Crippen LogP contribution in [0.4, 0.5) is 4.79 Å². The van der Waals surface area contributed by atoms with E-state index in [1.54, 1.807) is 6.92 Å². The Morgan fingerprint density at radius 1 is 0.968 bits per heavy atom. The second-order valence-electron chi connectivity index (χ2n) is 8.59. The van der Waals surface area contributed by atoms with E-state index in [0.717, 1.165) is 40.5 Å². The molecule has 31 heavy (non-hydrogen) atoms. The standard InChI is InChI=1S/C26H24N2O3/c1-26(22-12-6-10-18-8-4-5-11-21(18)22)24(30)28(25(31)27-26)16-23(29)20-14-13-17-7-2-3-9-19(17)15-20/h4-6,8,10-15H,2-3,7,9,16H2,1H3,(H,27,31)/t26-/m1/s1. The summed E-state index contributed by atoms with van der Waals surface area (Å²) in [5.74, 6) is -0.626. The number of amides is 3. The molecule has 1 saturated heterocycles. The van der Waals surface area contributed by atoms with Crippen LogP contribution in [0.3, 0.4) is 0 Å². The summed E-state index contributed by atoms with van der Waals surface area (Å²) in [6.07, 6.45) is 4.31. The van der Waals surface area contributed by atoms with E-state index < -0.39 is 17.5 Å². The molecule has 3 aromatic carbocycles. The monoisotopic (exact) mass is 412 g/mol. The van der Waals surface area contributed by atoms with Crippen LogP contribution < -0.4 is 5.32 Å². The van der Waals surface area contributed by atoms with Gasteiger partial charge in [0.25, 0.3) is 5.91 Å². The van der Waals surface area contributed by atoms with E-state index in [4.69, 9.17) is 0 Å². The lowest BCUT2D eigenvalue weighted by molar-refractivity contribution is -0.130. The third-order valence-electron chi connectivity index (χ3n) is 6.58. The van der Waals surface area contributed by atoms with E-state index >= 15 is 0 Å². The van der Waals surface area contributed by atoms with Crippen LogP contribution in [0.5, 0.6) is 0 Å². The van der Waals surface area contributed by atoms with E-state index in [-0.39, 0.29) is 12.3 Å². The second kappa shape index (κ2) is 7.34. The average molecular weight is 412 g/mol. The van der Waals surface area contributed by atoms with Gasteiger partial charge in [-0.15, -0.1) is 0 Å². The number of urea groups is 1. The zero-order valence-corrected chi connectivity index (χ0v) is 17.5. The molecular weight excluding hydrogens is 388 g/mol. The maximum atomic E-state index is 13.4. The van der Waals surface area contributed by atoms with Gasteiger partial charge in [-0.1, -0.05) is 54.6 Å². The largest absolute Gasteiger partial charge is 0.325 e. The van der Waals surface area contributed by atoms with Gasteiger partial charge in [-0.25, -0.2) is 4.79 Å². The van der Waals surface area contributed by atoms with Crippen molar-refractivity contribution in [1.29, 1.82) is 0 Å². The number of fused-ring (bicyclic) bond motifs is 2. The first kappa shape index (κ1) is 19.5. The Labute approximate surface area is 181 Å². The summed E-state index contributed by atoms with van der Waals surface area (Å²) in [5, 5.41) is 4.73. The Bertz CT molecular complexity index is 1230. The van der Waals surface area contributed by atoms with Gasteiger partial charge >= 0.3 is 6.03 Å². The Hall–Kier alpha value is -3.47. The van der Waals surface area contributed by atoms with Crippen molar-refractivity contribution < 1.29 is 14.4 Å². The van der Waals surface area contributed by atoms with Crippen molar-refractivity contribution in [2.45, 2.75) is 38.1 Å². The van der Waals surface area contributed by atoms with Gasteiger partial charge in [-0.2, -0.15) is 0 Å². The van der Waals surface area contributed by atoms with Crippen LogP contribution in [-0.2, 0) is 23.2 Å². The topological polar surface area (TPSA) is 66.5 Å². The highest BCUT2D eigenvalue weighted by molar-refractivity contribution is 6.12. The highest BCUT2D eigenvalue weighted by atomic mass is 16.2. The minimum atomic E-state index is -1.21. The lowest BCUT2D eigenvalue weighted by Crippen LogP contribution is -2.41. The molecule has 0 aromatic heterocycles. The molecule has 0 unspecified atom stereocenters. The van der Waals surface area contributed by atoms with Crippen LogP contribution in [0.2, 0.25) is 0 Å². The number of nitrogens with one attached hydrogen (secondary N) is 1. The third-order valence-corrected chi connectivity index (χ3v) is 6.58. The summed E-state index contributed by atoms with van der Waals surface area (Å²) in [4.78, 5) is 40.1. The molecule has 1 aliphatic heterocycles. The molecule has 0 bridgehead atoms. The Kier molecular flexibility index (Phi) is 4.62. The quantitative estimate of drug-likeness (QED) is 0.511. The lowest BCUT2D eigenvalue weighted by atomic mass is 9.87. The van der Waals surface area contributed by atoms with E-state index in [0.29, 0.717) is 5.56 Å². The van der Waals surface area contributed by atoms with Crippen molar-refractivity contribution in [1.82, 2.24) is 10.2 Å². The van der Waals surface area contributed by atoms with E-state index in [1.807, 2.05) is 60.7 Å². The summed E-state index contributed by atoms with van der Waals surface area (Å²) < 4.78 is 0. The summed E-state index contributed by atoms with van der Waals surface area (Å²) in [6.45, 7) is 1.45. The Morgan fingerprint density at radius 2 is 1.71 bits per heavy atom. The van der Waals surface area contributed by atoms with Gasteiger partial charge in [0.2, 0.25) is 0 Å². The molecule has 5 heteroatoms. The van der Waals surface area contributed by atoms with Crippen LogP contribution >= 0.6 is 0 Å². The minimum absolute atomic E-state index is 0.223. The average Bonchev–Trinajstić information content (AvgIpc) is 3.02. The Balaban J connectivity index is 1.43. The number of rotatable bonds is 4. The first-order valence-corrected chi connectivity index (χ1v) is 10.7. The molecule has 3 amide bonds. The number of aryl methyl sites for hydroxylation is 2. The maximum absolute atomic E-state index is 13.4. The van der Waals surface area contributed by atoms with Gasteiger partial charge in [-0.05, 0) is 66.1 Å². The molecule has 156 valence electrons. The number of carbonyl (C=O) groups excluding carboxylic acids is 3. The van der Waals surface area contributed by atoms with Crippen molar-refractivity contribution >= 4 is 28.5 Å². The number of benzene rings is 3. The summed E-state index contributed by atoms with van der Waals surface area (Å²) >= 11 is 0. The maximum Gasteiger partial charge on any atom is 0.325 e. The van der Waals surface area contributed by atoms with Crippen LogP contribution in [0, 0.1) is 0 Å². The molecule has 5 nitrogen and oxygen atoms in total. The van der Waals surface area contributed by atoms with Gasteiger partial charge in [0.15, 0.2) is 5.78 Å². The molecular formula is C26H24N2O3. The first-order valence-electron chi connectivity index (χ1n) is 10.7. The second-order valence-corrected chi connectivity index (χ2v) is 8.59. The molecule has 3 aromatic rings. The zero-order chi connectivity index (χ0) is 21.6. The number of ketones is 1. The van der Waals surface area contributed by atoms with E-state index in [9.17, 15) is 14.4 Å². The molecule has 1 N–H and O–H groups in total. The summed E-state index contributed by atoms with van der Waals surface area (Å²) in [6, 6.07) is 18.7. The van der Waals surface area contributed by atoms with Crippen molar-refractivity contribution in [3.8, 4) is 0 Å². The van der Waals surface area contributed by atoms with Crippen molar-refractivity contribution in [2.24, 2.45) is 0 Å². The first-order chi connectivity index (χ1) is 15.0. The zero-order valence-electron chi connectivity index (χ0n) is 17.5. The Morgan fingerprint density at radius 3 is 2.55 bits per heavy atom. The smallest absolute Gasteiger partial charge is 0.319 e. The summed E-state index contributed by atoms with van der Waals surface area (Å²) in [5.41, 5.74) is 2.57. The molecule has 1 atom stereocenters. The highest BCUT2D eigenvalue weighted by Gasteiger charge is 2.50. The number of carbonyl (C=O) groups is 3. The SMILES string of the molecule is C[C@]1(c2cccc3ccccc23)NC(=O)N(CC(=O)c2ccc3c(c2)CCCC3)C1=O. The van der Waals surface area contributed by atoms with E-state index in [2.05, 4.69) is 5.32 Å². The van der Waals surface area contributed by atoms with Crippen molar-refractivity contribution in [2.75, 3.05) is 6.54 Å². The fraction of sp³-hybridized carbons (Fsp3) is 0.269. The number of nitrogens with zero attached hydrogens (tertiary/aromatic N) is 1. The van der Waals surface area contributed by atoms with Crippen LogP contribution in [-0.4, -0.2) is 29.2 Å². The van der Waals surface area contributed by atoms with E-state index in [1.165, 1.54) is 17.5 Å². The molecule has 1 heterocycles. The van der Waals surface area contributed by atoms with Crippen LogP contribution in [0.25, 0.3) is 10.8 Å². The van der Waals surface area contributed by atoms with Crippen molar-refractivity contribution in [3.05, 3.63) is 82.9 Å². The predicted octanol–water partition coefficient (Wildman–Crippen LogP) is 4.37. The third kappa shape index (κ3) is 3.21. The summed E-state index contributed by atoms with van der Waals surface area (Å²) in [7, 11) is 0. The van der Waals surface area contributed by atoms with Crippen LogP contribution in [0.15, 0.2) is 60.7 Å². The molecule has 1 fully saturated rings. The van der Waals surface area contributed by atoms with Gasteiger partial charge in [0.1, 0.15) is 5.54 Å². The predicted molar refractivity (Wildman–Crippen MR) is 119 cm³/mol. The molecule has 5 rings (SSSR count). The molecule has 0 radical (unpaired) electrons. The van der Waals surface area contributed by atoms with Crippen molar-refractivity contribution in [3.63, 3.8) is 0 Å².